The van der Waals surface area contributed by atoms with E-state index in [0.717, 1.165) is 23.3 Å². The summed E-state index contributed by atoms with van der Waals surface area (Å²) in [5, 5.41) is 6.01. The molecule has 1 heterocycles. The molecule has 0 saturated heterocycles. The second-order valence-electron chi connectivity index (χ2n) is 8.56. The fourth-order valence-electron chi connectivity index (χ4n) is 3.78. The maximum Gasteiger partial charge on any atom is 0.332 e. The lowest BCUT2D eigenvalue weighted by Gasteiger charge is -2.15. The van der Waals surface area contributed by atoms with Crippen molar-refractivity contribution >= 4 is 56.9 Å². The minimum Gasteiger partial charge on any atom is -0.487 e. The monoisotopic (exact) mass is 604 g/mol. The lowest BCUT2D eigenvalue weighted by Crippen LogP contribution is -2.28. The molecular weight excluding hydrogens is 582 g/mol. The van der Waals surface area contributed by atoms with Gasteiger partial charge in [-0.1, -0.05) is 35.3 Å². The molecule has 0 atom stereocenters. The molecule has 0 radical (unpaired) electrons. The molecule has 4 aromatic rings. The molecule has 14 heteroatoms. The second kappa shape index (κ2) is 11.9. The number of hydrogen-bond acceptors (Lipinski definition) is 8. The first-order chi connectivity index (χ1) is 18.9. The predicted octanol–water partition coefficient (Wildman–Crippen LogP) is 5.48. The molecule has 0 saturated carbocycles. The maximum atomic E-state index is 13.0. The Bertz CT molecular complexity index is 1690. The average Bonchev–Trinajstić information content (AvgIpc) is 2.88. The number of nitrogens with one attached hydrogen (secondary N) is 2. The zero-order chi connectivity index (χ0) is 29.0. The fourth-order valence-corrected chi connectivity index (χ4v) is 4.54. The van der Waals surface area contributed by atoms with Gasteiger partial charge in [-0.15, -0.1) is 3.89 Å². The Kier molecular flexibility index (Phi) is 8.62. The number of halogens is 3. The van der Waals surface area contributed by atoms with Crippen LogP contribution >= 0.6 is 23.2 Å². The molecule has 0 unspecified atom stereocenters. The van der Waals surface area contributed by atoms with Gasteiger partial charge in [0, 0.05) is 17.8 Å². The molecule has 4 rings (SSSR count). The number of nitrogen functional groups attached to an aromatic ring is 2. The van der Waals surface area contributed by atoms with Crippen LogP contribution in [0.15, 0.2) is 65.6 Å². The molecule has 0 aliphatic heterocycles. The van der Waals surface area contributed by atoms with Crippen molar-refractivity contribution in [2.75, 3.05) is 16.8 Å². The highest BCUT2D eigenvalue weighted by Gasteiger charge is 2.16. The number of amides is 2. The Morgan fingerprint density at radius 1 is 1.00 bits per heavy atom. The third kappa shape index (κ3) is 7.08. The smallest absolute Gasteiger partial charge is 0.332 e. The number of carbonyl (C=O) groups is 1. The van der Waals surface area contributed by atoms with Crippen LogP contribution < -0.4 is 26.8 Å². The SMILES string of the molecule is Cc1cc(OCc2nc(N)nc(N)c2-c2ccc(Cl)c(Cl)c2)ccc1CNC(=O)Nc1ccc(S(=O)(=O)F)cc1. The summed E-state index contributed by atoms with van der Waals surface area (Å²) >= 11 is 12.2. The molecule has 10 nitrogen and oxygen atoms in total. The summed E-state index contributed by atoms with van der Waals surface area (Å²) in [5.41, 5.74) is 15.6. The number of aromatic nitrogens is 2. The quantitative estimate of drug-likeness (QED) is 0.192. The number of hydrogen-bond donors (Lipinski definition) is 4. The van der Waals surface area contributed by atoms with Crippen molar-refractivity contribution in [1.29, 1.82) is 0 Å². The summed E-state index contributed by atoms with van der Waals surface area (Å²) < 4.78 is 40.8. The molecule has 0 aliphatic carbocycles. The van der Waals surface area contributed by atoms with Crippen LogP contribution in [-0.2, 0) is 23.4 Å². The van der Waals surface area contributed by atoms with Gasteiger partial charge in [-0.2, -0.15) is 13.4 Å². The van der Waals surface area contributed by atoms with Gasteiger partial charge in [-0.3, -0.25) is 0 Å². The number of anilines is 3. The van der Waals surface area contributed by atoms with Crippen LogP contribution in [-0.4, -0.2) is 24.4 Å². The van der Waals surface area contributed by atoms with Gasteiger partial charge in [-0.25, -0.2) is 9.78 Å². The molecule has 0 fully saturated rings. The van der Waals surface area contributed by atoms with Crippen molar-refractivity contribution in [2.45, 2.75) is 25.0 Å². The summed E-state index contributed by atoms with van der Waals surface area (Å²) in [6.45, 7) is 2.10. The van der Waals surface area contributed by atoms with Gasteiger partial charge in [0.1, 0.15) is 18.2 Å². The minimum absolute atomic E-state index is 0.000760. The molecule has 2 amide bonds. The zero-order valence-corrected chi connectivity index (χ0v) is 23.2. The van der Waals surface area contributed by atoms with Crippen LogP contribution in [0.25, 0.3) is 11.1 Å². The number of nitrogens with zero attached hydrogens (tertiary/aromatic N) is 2. The van der Waals surface area contributed by atoms with E-state index in [4.69, 9.17) is 39.4 Å². The standard InChI is InChI=1S/C26H23Cl2FN6O4S/c1-14-10-18(6-2-16(14)12-32-26(36)33-17-4-7-19(8-5-17)40(29,37)38)39-13-22-23(24(30)35-25(31)34-22)15-3-9-20(27)21(28)11-15/h2-11H,12-13H2,1H3,(H2,32,33,36)(H4,30,31,34,35). The van der Waals surface area contributed by atoms with E-state index in [0.29, 0.717) is 38.3 Å². The van der Waals surface area contributed by atoms with E-state index in [-0.39, 0.29) is 24.9 Å². The number of aryl methyl sites for hydroxylation is 1. The first-order valence-corrected chi connectivity index (χ1v) is 13.7. The Labute approximate surface area is 239 Å². The van der Waals surface area contributed by atoms with E-state index in [1.54, 1.807) is 36.4 Å². The van der Waals surface area contributed by atoms with Crippen molar-refractivity contribution in [2.24, 2.45) is 0 Å². The fraction of sp³-hybridized carbons (Fsp3) is 0.115. The minimum atomic E-state index is -4.81. The lowest BCUT2D eigenvalue weighted by molar-refractivity contribution is 0.251. The van der Waals surface area contributed by atoms with Crippen LogP contribution in [0.1, 0.15) is 16.8 Å². The molecule has 0 aliphatic rings. The van der Waals surface area contributed by atoms with E-state index >= 15 is 0 Å². The molecular formula is C26H23Cl2FN6O4S. The number of carbonyl (C=O) groups excluding carboxylic acids is 1. The number of benzene rings is 3. The first kappa shape index (κ1) is 28.9. The predicted molar refractivity (Wildman–Crippen MR) is 152 cm³/mol. The van der Waals surface area contributed by atoms with Crippen LogP contribution in [0, 0.1) is 6.92 Å². The molecule has 0 spiro atoms. The highest BCUT2D eigenvalue weighted by atomic mass is 35.5. The van der Waals surface area contributed by atoms with Gasteiger partial charge in [0.25, 0.3) is 0 Å². The van der Waals surface area contributed by atoms with Crippen LogP contribution in [0.3, 0.4) is 0 Å². The average molecular weight is 605 g/mol. The van der Waals surface area contributed by atoms with E-state index in [9.17, 15) is 17.1 Å². The Morgan fingerprint density at radius 2 is 1.73 bits per heavy atom. The summed E-state index contributed by atoms with van der Waals surface area (Å²) in [7, 11) is -4.81. The summed E-state index contributed by atoms with van der Waals surface area (Å²) in [6, 6.07) is 14.6. The highest BCUT2D eigenvalue weighted by molar-refractivity contribution is 7.86. The molecule has 208 valence electrons. The Morgan fingerprint density at radius 3 is 2.38 bits per heavy atom. The van der Waals surface area contributed by atoms with Crippen molar-refractivity contribution in [3.63, 3.8) is 0 Å². The second-order valence-corrected chi connectivity index (χ2v) is 10.7. The Balaban J connectivity index is 1.40. The van der Waals surface area contributed by atoms with Gasteiger partial charge >= 0.3 is 16.3 Å². The maximum absolute atomic E-state index is 13.0. The van der Waals surface area contributed by atoms with Crippen LogP contribution in [0.5, 0.6) is 5.75 Å². The Hall–Kier alpha value is -4.13. The molecule has 40 heavy (non-hydrogen) atoms. The van der Waals surface area contributed by atoms with Crippen molar-refractivity contribution in [3.05, 3.63) is 87.5 Å². The lowest BCUT2D eigenvalue weighted by atomic mass is 10.0. The van der Waals surface area contributed by atoms with Gasteiger partial charge in [0.2, 0.25) is 5.95 Å². The van der Waals surface area contributed by atoms with Gasteiger partial charge in [0.05, 0.1) is 20.6 Å². The normalized spacial score (nSPS) is 11.2. The van der Waals surface area contributed by atoms with Crippen molar-refractivity contribution in [1.82, 2.24) is 15.3 Å². The van der Waals surface area contributed by atoms with Crippen LogP contribution in [0.4, 0.5) is 26.1 Å². The van der Waals surface area contributed by atoms with E-state index < -0.39 is 21.1 Å². The third-order valence-corrected chi connectivity index (χ3v) is 7.33. The summed E-state index contributed by atoms with van der Waals surface area (Å²) in [5.74, 6) is 0.715. The molecule has 1 aromatic heterocycles. The summed E-state index contributed by atoms with van der Waals surface area (Å²) in [6.07, 6.45) is 0. The summed E-state index contributed by atoms with van der Waals surface area (Å²) in [4.78, 5) is 20.1. The molecule has 0 bridgehead atoms. The number of ether oxygens (including phenoxy) is 1. The van der Waals surface area contributed by atoms with E-state index in [1.807, 2.05) is 6.92 Å². The highest BCUT2D eigenvalue weighted by Crippen LogP contribution is 2.33. The number of urea groups is 1. The van der Waals surface area contributed by atoms with Crippen molar-refractivity contribution < 1.29 is 21.8 Å². The number of nitrogens with two attached hydrogens (primary N) is 2. The topological polar surface area (TPSA) is 162 Å². The van der Waals surface area contributed by atoms with Gasteiger partial charge < -0.3 is 26.8 Å². The first-order valence-electron chi connectivity index (χ1n) is 11.6. The van der Waals surface area contributed by atoms with E-state index in [1.165, 1.54) is 12.1 Å². The van der Waals surface area contributed by atoms with E-state index in [2.05, 4.69) is 20.6 Å². The number of rotatable bonds is 8. The largest absolute Gasteiger partial charge is 0.487 e. The van der Waals surface area contributed by atoms with Gasteiger partial charge in [0.15, 0.2) is 0 Å². The third-order valence-electron chi connectivity index (χ3n) is 5.76. The molecule has 3 aromatic carbocycles. The zero-order valence-electron chi connectivity index (χ0n) is 20.9. The van der Waals surface area contributed by atoms with Crippen molar-refractivity contribution in [3.8, 4) is 16.9 Å². The van der Waals surface area contributed by atoms with Crippen LogP contribution in [0.2, 0.25) is 10.0 Å². The van der Waals surface area contributed by atoms with Gasteiger partial charge in [-0.05, 0) is 72.1 Å². The molecule has 6 N–H and O–H groups in total.